The maximum Gasteiger partial charge on any atom is 0.416 e. The average molecular weight is 921 g/mol. The second kappa shape index (κ2) is 21.0. The number of anilines is 3. The van der Waals surface area contributed by atoms with E-state index in [1.165, 1.54) is 60.7 Å². The second-order valence-corrected chi connectivity index (χ2v) is 16.1. The number of nitrogens with zero attached hydrogens (tertiary/aromatic N) is 2. The van der Waals surface area contributed by atoms with Gasteiger partial charge in [0.25, 0.3) is 5.69 Å². The number of aliphatic imine (C=N–C) groups is 1. The fraction of sp³-hybridized carbons (Fsp3) is 0.0588. The van der Waals surface area contributed by atoms with Crippen molar-refractivity contribution in [3.05, 3.63) is 143 Å². The number of primary sulfonamides is 3. The molecule has 326 valence electrons. The highest BCUT2D eigenvalue weighted by Crippen LogP contribution is 2.31. The zero-order valence-electron chi connectivity index (χ0n) is 30.3. The molecule has 5 aromatic rings. The van der Waals surface area contributed by atoms with Gasteiger partial charge in [0.2, 0.25) is 36.1 Å². The van der Waals surface area contributed by atoms with E-state index >= 15 is 0 Å². The Morgan fingerprint density at radius 1 is 0.607 bits per heavy atom. The molecular formula is C34H30F6N8O10S3. The molecule has 0 spiro atoms. The number of nitro groups is 1. The van der Waals surface area contributed by atoms with Gasteiger partial charge in [-0.3, -0.25) is 10.1 Å². The van der Waals surface area contributed by atoms with Crippen molar-refractivity contribution in [2.75, 3.05) is 16.4 Å². The third-order valence-corrected chi connectivity index (χ3v) is 9.54. The van der Waals surface area contributed by atoms with Gasteiger partial charge in [-0.1, -0.05) is 18.2 Å². The number of hydrogen-bond acceptors (Lipinski definition) is 12. The van der Waals surface area contributed by atoms with E-state index in [1.54, 1.807) is 6.07 Å². The van der Waals surface area contributed by atoms with Crippen LogP contribution < -0.4 is 31.8 Å². The predicted octanol–water partition coefficient (Wildman–Crippen LogP) is 5.83. The SMILES string of the molecule is NS(=O)(=O)c1cccc(NC(=O)Nc2ccc(C(F)(F)F)cc2)c1.NS(=O)(=O)c1cccc([N+](=O)[O-])c1.Nc1cccc(S(N)(=O)=O)c1.O=C=Nc1ccc(C(F)(F)F)cc1. The molecule has 0 aliphatic carbocycles. The molecule has 0 heterocycles. The molecule has 0 saturated heterocycles. The highest BCUT2D eigenvalue weighted by molar-refractivity contribution is 7.89. The first kappa shape index (κ1) is 50.4. The minimum Gasteiger partial charge on any atom is -0.399 e. The third kappa shape index (κ3) is 18.0. The number of sulfonamides is 3. The Hall–Kier alpha value is -6.74. The zero-order chi connectivity index (χ0) is 46.4. The number of carbonyl (C=O) groups excluding carboxylic acids is 2. The van der Waals surface area contributed by atoms with E-state index in [9.17, 15) is 71.3 Å². The van der Waals surface area contributed by atoms with Crippen LogP contribution in [0.5, 0.6) is 0 Å². The topological polar surface area (TPSA) is 320 Å². The summed E-state index contributed by atoms with van der Waals surface area (Å²) in [6.07, 6.45) is -7.59. The van der Waals surface area contributed by atoms with E-state index in [-0.39, 0.29) is 37.4 Å². The molecule has 5 rings (SSSR count). The minimum atomic E-state index is -4.46. The average Bonchev–Trinajstić information content (AvgIpc) is 3.15. The number of isocyanates is 1. The van der Waals surface area contributed by atoms with Crippen LogP contribution in [0, 0.1) is 10.1 Å². The highest BCUT2D eigenvalue weighted by Gasteiger charge is 2.30. The van der Waals surface area contributed by atoms with Gasteiger partial charge in [-0.05, 0) is 91.0 Å². The summed E-state index contributed by atoms with van der Waals surface area (Å²) in [6, 6.07) is 22.7. The summed E-state index contributed by atoms with van der Waals surface area (Å²) in [5.41, 5.74) is 4.27. The Morgan fingerprint density at radius 3 is 1.43 bits per heavy atom. The van der Waals surface area contributed by atoms with Crippen LogP contribution in [0.4, 0.5) is 59.6 Å². The summed E-state index contributed by atoms with van der Waals surface area (Å²) < 4.78 is 139. The summed E-state index contributed by atoms with van der Waals surface area (Å²) >= 11 is 0. The van der Waals surface area contributed by atoms with Gasteiger partial charge < -0.3 is 16.4 Å². The predicted molar refractivity (Wildman–Crippen MR) is 208 cm³/mol. The molecule has 0 atom stereocenters. The molecule has 0 saturated carbocycles. The number of nitro benzene ring substituents is 1. The lowest BCUT2D eigenvalue weighted by Crippen LogP contribution is -2.20. The fourth-order valence-corrected chi connectivity index (χ4v) is 5.71. The second-order valence-electron chi connectivity index (χ2n) is 11.4. The van der Waals surface area contributed by atoms with E-state index in [4.69, 9.17) is 21.2 Å². The number of nitrogens with two attached hydrogens (primary N) is 4. The molecule has 10 N–H and O–H groups in total. The maximum atomic E-state index is 12.4. The Balaban J connectivity index is 0.000000297. The van der Waals surface area contributed by atoms with E-state index in [2.05, 4.69) is 15.6 Å². The van der Waals surface area contributed by atoms with Crippen LogP contribution in [0.3, 0.4) is 0 Å². The molecule has 0 radical (unpaired) electrons. The molecule has 0 unspecified atom stereocenters. The number of hydrogen-bond donors (Lipinski definition) is 6. The number of nitrogens with one attached hydrogen (secondary N) is 2. The van der Waals surface area contributed by atoms with Gasteiger partial charge in [0.15, 0.2) is 0 Å². The summed E-state index contributed by atoms with van der Waals surface area (Å²) in [4.78, 5) is 33.9. The lowest BCUT2D eigenvalue weighted by Gasteiger charge is -2.10. The first-order chi connectivity index (χ1) is 28.0. The largest absolute Gasteiger partial charge is 0.416 e. The monoisotopic (exact) mass is 920 g/mol. The van der Waals surface area contributed by atoms with Crippen LogP contribution >= 0.6 is 0 Å². The standard InChI is InChI=1S/C14H12F3N3O3S.C8H4F3NO.C6H6N2O4S.C6H8N2O2S/c15-14(16,17)9-4-6-10(7-5-9)19-13(21)20-11-2-1-3-12(8-11)24(18,22)23;9-8(10,11)6-1-3-7(4-2-6)12-5-13;7-13(11,12)6-3-1-2-5(4-6)8(9)10;7-5-2-1-3-6(4-5)11(8,9)10/h1-8H,(H2,18,22,23)(H2,19,20,21);1-4H;1-4H,(H2,7,11,12);1-4H,7H2,(H2,8,9,10). The Kier molecular flexibility index (Phi) is 17.3. The van der Waals surface area contributed by atoms with Crippen LogP contribution in [-0.2, 0) is 47.2 Å². The number of non-ortho nitro benzene ring substituents is 1. The molecule has 0 fully saturated rings. The van der Waals surface area contributed by atoms with Crippen molar-refractivity contribution in [3.63, 3.8) is 0 Å². The number of nitrogen functional groups attached to an aromatic ring is 1. The molecule has 61 heavy (non-hydrogen) atoms. The maximum absolute atomic E-state index is 12.4. The van der Waals surface area contributed by atoms with Crippen molar-refractivity contribution < 1.29 is 66.1 Å². The summed E-state index contributed by atoms with van der Waals surface area (Å²) in [5.74, 6) is 0. The number of carbonyl (C=O) groups is 1. The van der Waals surface area contributed by atoms with Crippen LogP contribution in [0.1, 0.15) is 11.1 Å². The quantitative estimate of drug-likeness (QED) is 0.0282. The first-order valence-corrected chi connectivity index (χ1v) is 20.4. The smallest absolute Gasteiger partial charge is 0.399 e. The summed E-state index contributed by atoms with van der Waals surface area (Å²) in [7, 11) is -11.4. The number of halogens is 6. The number of amides is 2. The normalized spacial score (nSPS) is 11.4. The molecule has 0 bridgehead atoms. The third-order valence-electron chi connectivity index (χ3n) is 6.80. The van der Waals surface area contributed by atoms with Gasteiger partial charge in [0.05, 0.1) is 36.4 Å². The van der Waals surface area contributed by atoms with E-state index < -0.39 is 64.5 Å². The van der Waals surface area contributed by atoms with Gasteiger partial charge in [0.1, 0.15) is 0 Å². The van der Waals surface area contributed by atoms with Gasteiger partial charge in [-0.15, -0.1) is 0 Å². The summed E-state index contributed by atoms with van der Waals surface area (Å²) in [6.45, 7) is 0. The number of urea groups is 1. The van der Waals surface area contributed by atoms with Crippen molar-refractivity contribution >= 4 is 70.6 Å². The van der Waals surface area contributed by atoms with E-state index in [0.29, 0.717) is 5.69 Å². The lowest BCUT2D eigenvalue weighted by molar-refractivity contribution is -0.385. The van der Waals surface area contributed by atoms with Crippen LogP contribution in [-0.4, -0.2) is 42.3 Å². The Bertz CT molecular complexity index is 2720. The van der Waals surface area contributed by atoms with Crippen LogP contribution in [0.2, 0.25) is 0 Å². The first-order valence-electron chi connectivity index (χ1n) is 15.8. The number of rotatable bonds is 7. The Labute approximate surface area is 342 Å². The van der Waals surface area contributed by atoms with Crippen molar-refractivity contribution in [2.45, 2.75) is 27.0 Å². The molecular weight excluding hydrogens is 891 g/mol. The summed E-state index contributed by atoms with van der Waals surface area (Å²) in [5, 5.41) is 29.5. The van der Waals surface area contributed by atoms with E-state index in [1.807, 2.05) is 0 Å². The van der Waals surface area contributed by atoms with Crippen LogP contribution in [0.25, 0.3) is 0 Å². The number of benzene rings is 5. The van der Waals surface area contributed by atoms with Gasteiger partial charge in [0, 0.05) is 29.2 Å². The molecule has 18 nitrogen and oxygen atoms in total. The minimum absolute atomic E-state index is 0.0394. The van der Waals surface area contributed by atoms with E-state index in [0.717, 1.165) is 60.7 Å². The fourth-order valence-electron chi connectivity index (χ4n) is 4.03. The molecule has 2 amide bonds. The van der Waals surface area contributed by atoms with Crippen molar-refractivity contribution in [2.24, 2.45) is 20.4 Å². The van der Waals surface area contributed by atoms with Crippen molar-refractivity contribution in [1.82, 2.24) is 0 Å². The highest BCUT2D eigenvalue weighted by atomic mass is 32.2. The molecule has 0 aliphatic rings. The molecule has 5 aromatic carbocycles. The van der Waals surface area contributed by atoms with Crippen molar-refractivity contribution in [3.8, 4) is 0 Å². The van der Waals surface area contributed by atoms with Gasteiger partial charge >= 0.3 is 18.4 Å². The zero-order valence-corrected chi connectivity index (χ0v) is 32.8. The lowest BCUT2D eigenvalue weighted by atomic mass is 10.2. The van der Waals surface area contributed by atoms with Gasteiger partial charge in [-0.25, -0.2) is 50.3 Å². The molecule has 0 aliphatic heterocycles. The number of alkyl halides is 6. The van der Waals surface area contributed by atoms with Crippen LogP contribution in [0.15, 0.2) is 141 Å². The van der Waals surface area contributed by atoms with Gasteiger partial charge in [-0.2, -0.15) is 31.3 Å². The molecule has 27 heteroatoms. The van der Waals surface area contributed by atoms with Crippen molar-refractivity contribution in [1.29, 1.82) is 0 Å². The Morgan fingerprint density at radius 2 is 1.02 bits per heavy atom. The molecule has 0 aromatic heterocycles.